The molecule has 0 heterocycles. The Morgan fingerprint density at radius 1 is 1.00 bits per heavy atom. The highest BCUT2D eigenvalue weighted by molar-refractivity contribution is 5.56. The first kappa shape index (κ1) is 15.0. The molecular weight excluding hydrogens is 228 g/mol. The number of rotatable bonds is 6. The molecule has 7 N–H and O–H groups in total. The normalized spacial score (nSPS) is 20.6. The number of carbonyl (C=O) groups is 1. The van der Waals surface area contributed by atoms with Crippen LogP contribution < -0.4 is 0 Å². The second kappa shape index (κ2) is 6.58. The number of hydrogen-bond donors (Lipinski definition) is 7. The van der Waals surface area contributed by atoms with Crippen molar-refractivity contribution in [1.29, 1.82) is 0 Å². The maximum atomic E-state index is 9.97. The molecule has 5 unspecified atom stereocenters. The van der Waals surface area contributed by atoms with E-state index in [4.69, 9.17) is 35.7 Å². The topological polar surface area (TPSA) is 168 Å². The van der Waals surface area contributed by atoms with Crippen molar-refractivity contribution in [3.8, 4) is 0 Å². The van der Waals surface area contributed by atoms with Crippen LogP contribution in [0.15, 0.2) is 0 Å². The van der Waals surface area contributed by atoms with Gasteiger partial charge in [-0.05, 0) is 0 Å². The minimum absolute atomic E-state index is 0.888. The van der Waals surface area contributed by atoms with E-state index in [1.165, 1.54) is 0 Å². The Labute approximate surface area is 89.8 Å². The Kier molecular flexibility index (Phi) is 6.18. The molecule has 0 aromatic heterocycles. The molecule has 0 amide bonds. The summed E-state index contributed by atoms with van der Waals surface area (Å²) in [6, 6.07) is 0. The Hall–Kier alpha value is -0.970. The molecule has 0 saturated carbocycles. The van der Waals surface area contributed by atoms with E-state index >= 15 is 0 Å². The molecule has 9 heteroatoms. The molecule has 16 heavy (non-hydrogen) atoms. The molecule has 0 saturated heterocycles. The highest BCUT2D eigenvalue weighted by Gasteiger charge is 2.35. The van der Waals surface area contributed by atoms with E-state index in [1.54, 1.807) is 0 Å². The Bertz CT molecular complexity index is 220. The summed E-state index contributed by atoms with van der Waals surface area (Å²) in [7, 11) is 0. The molecule has 9 nitrogen and oxygen atoms in total. The third-order valence-electron chi connectivity index (χ3n) is 1.79. The summed E-state index contributed by atoms with van der Waals surface area (Å²) < 4.78 is 3.70. The smallest absolute Gasteiger partial charge is 0.450 e. The van der Waals surface area contributed by atoms with Gasteiger partial charge in [0.25, 0.3) is 0 Å². The van der Waals surface area contributed by atoms with E-state index in [1.807, 2.05) is 0 Å². The van der Waals surface area contributed by atoms with Gasteiger partial charge in [-0.3, -0.25) is 0 Å². The molecule has 96 valence electrons. The predicted molar refractivity (Wildman–Crippen MR) is 46.2 cm³/mol. The fourth-order valence-electron chi connectivity index (χ4n) is 0.879. The van der Waals surface area contributed by atoms with Gasteiger partial charge in [-0.1, -0.05) is 0 Å². The van der Waals surface area contributed by atoms with Crippen molar-refractivity contribution in [1.82, 2.24) is 0 Å². The fraction of sp³-hybridized carbons (Fsp3) is 0.857. The average Bonchev–Trinajstić information content (AvgIpc) is 2.23. The predicted octanol–water partition coefficient (Wildman–Crippen LogP) is -3.56. The van der Waals surface area contributed by atoms with Gasteiger partial charge in [-0.15, -0.1) is 0 Å². The minimum atomic E-state index is -2.28. The van der Waals surface area contributed by atoms with E-state index in [2.05, 4.69) is 4.74 Å². The summed E-state index contributed by atoms with van der Waals surface area (Å²) in [5.41, 5.74) is 0. The van der Waals surface area contributed by atoms with Gasteiger partial charge in [0.2, 0.25) is 6.29 Å². The molecule has 0 spiro atoms. The summed E-state index contributed by atoms with van der Waals surface area (Å²) in [5.74, 6) is 0. The Morgan fingerprint density at radius 2 is 1.50 bits per heavy atom. The largest absolute Gasteiger partial charge is 0.508 e. The third kappa shape index (κ3) is 4.26. The van der Waals surface area contributed by atoms with Crippen LogP contribution in [0.4, 0.5) is 4.79 Å². The van der Waals surface area contributed by atoms with Crippen LogP contribution in [0.5, 0.6) is 0 Å². The van der Waals surface area contributed by atoms with Gasteiger partial charge < -0.3 is 40.5 Å². The van der Waals surface area contributed by atoms with Crippen molar-refractivity contribution in [2.24, 2.45) is 0 Å². The van der Waals surface area contributed by atoms with E-state index in [0.29, 0.717) is 0 Å². The van der Waals surface area contributed by atoms with Crippen molar-refractivity contribution in [2.45, 2.75) is 30.7 Å². The van der Waals surface area contributed by atoms with Crippen LogP contribution >= 0.6 is 0 Å². The van der Waals surface area contributed by atoms with Gasteiger partial charge in [0.05, 0.1) is 6.61 Å². The number of aliphatic hydroxyl groups excluding tert-OH is 6. The van der Waals surface area contributed by atoms with Crippen molar-refractivity contribution in [2.75, 3.05) is 6.61 Å². The van der Waals surface area contributed by atoms with Crippen molar-refractivity contribution >= 4 is 6.16 Å². The summed E-state index contributed by atoms with van der Waals surface area (Å²) in [6.45, 7) is -0.888. The highest BCUT2D eigenvalue weighted by Crippen LogP contribution is 2.09. The average molecular weight is 242 g/mol. The van der Waals surface area contributed by atoms with Crippen molar-refractivity contribution in [3.05, 3.63) is 0 Å². The molecule has 0 rings (SSSR count). The van der Waals surface area contributed by atoms with E-state index in [9.17, 15) is 4.79 Å². The number of ether oxygens (including phenoxy) is 1. The second-order valence-electron chi connectivity index (χ2n) is 3.00. The first-order chi connectivity index (χ1) is 7.31. The molecule has 5 atom stereocenters. The lowest BCUT2D eigenvalue weighted by Crippen LogP contribution is -2.50. The van der Waals surface area contributed by atoms with Gasteiger partial charge in [-0.25, -0.2) is 4.79 Å². The maximum absolute atomic E-state index is 9.97. The number of hydrogen-bond acceptors (Lipinski definition) is 8. The van der Waals surface area contributed by atoms with Crippen LogP contribution in [0.25, 0.3) is 0 Å². The van der Waals surface area contributed by atoms with Gasteiger partial charge in [0, 0.05) is 0 Å². The zero-order valence-corrected chi connectivity index (χ0v) is 8.04. The van der Waals surface area contributed by atoms with Crippen LogP contribution in [0.2, 0.25) is 0 Å². The molecule has 0 fully saturated rings. The third-order valence-corrected chi connectivity index (χ3v) is 1.79. The zero-order chi connectivity index (χ0) is 12.9. The molecule has 0 aromatic rings. The van der Waals surface area contributed by atoms with Crippen LogP contribution in [0.1, 0.15) is 0 Å². The summed E-state index contributed by atoms with van der Waals surface area (Å²) in [4.78, 5) is 9.97. The molecule has 0 radical (unpaired) electrons. The first-order valence-corrected chi connectivity index (χ1v) is 4.22. The van der Waals surface area contributed by atoms with Gasteiger partial charge >= 0.3 is 6.16 Å². The lowest BCUT2D eigenvalue weighted by atomic mass is 10.0. The van der Waals surface area contributed by atoms with Crippen LogP contribution in [-0.2, 0) is 4.74 Å². The van der Waals surface area contributed by atoms with Crippen molar-refractivity contribution < 1.29 is 45.3 Å². The molecule has 0 aliphatic carbocycles. The number of aliphatic hydroxyl groups is 6. The Balaban J connectivity index is 4.35. The van der Waals surface area contributed by atoms with E-state index < -0.39 is 43.5 Å². The second-order valence-corrected chi connectivity index (χ2v) is 3.00. The first-order valence-electron chi connectivity index (χ1n) is 4.22. The molecule has 0 aromatic carbocycles. The molecular formula is C7H14O9. The lowest BCUT2D eigenvalue weighted by Gasteiger charge is -2.27. The van der Waals surface area contributed by atoms with Gasteiger partial charge in [-0.2, -0.15) is 0 Å². The maximum Gasteiger partial charge on any atom is 0.508 e. The van der Waals surface area contributed by atoms with E-state index in [0.717, 1.165) is 0 Å². The summed E-state index contributed by atoms with van der Waals surface area (Å²) >= 11 is 0. The number of carboxylic acid groups (broad SMARTS) is 1. The van der Waals surface area contributed by atoms with Crippen LogP contribution in [0, 0.1) is 0 Å². The quantitative estimate of drug-likeness (QED) is 0.184. The zero-order valence-electron chi connectivity index (χ0n) is 8.04. The Morgan fingerprint density at radius 3 is 1.88 bits per heavy atom. The van der Waals surface area contributed by atoms with Gasteiger partial charge in [0.15, 0.2) is 0 Å². The van der Waals surface area contributed by atoms with Crippen LogP contribution in [-0.4, -0.2) is 79.2 Å². The molecule has 0 aliphatic rings. The summed E-state index contributed by atoms with van der Waals surface area (Å²) in [5, 5.41) is 61.7. The summed E-state index contributed by atoms with van der Waals surface area (Å²) in [6.07, 6.45) is -12.1. The van der Waals surface area contributed by atoms with Crippen molar-refractivity contribution in [3.63, 3.8) is 0 Å². The van der Waals surface area contributed by atoms with Crippen LogP contribution in [0.3, 0.4) is 0 Å². The molecule has 0 bridgehead atoms. The molecule has 0 aliphatic heterocycles. The van der Waals surface area contributed by atoms with Gasteiger partial charge in [0.1, 0.15) is 24.4 Å². The fourth-order valence-corrected chi connectivity index (χ4v) is 0.879. The standard InChI is InChI=1S/C7H14O9/c8-1-2(9)3(10)4(11)5(12)6(13)16-7(14)15/h2-6,8-13H,1H2,(H,14,15). The monoisotopic (exact) mass is 242 g/mol. The lowest BCUT2D eigenvalue weighted by molar-refractivity contribution is -0.195. The minimum Gasteiger partial charge on any atom is -0.450 e. The highest BCUT2D eigenvalue weighted by atomic mass is 16.7. The van der Waals surface area contributed by atoms with E-state index in [-0.39, 0.29) is 0 Å². The SMILES string of the molecule is O=C(O)OC(O)C(O)C(O)C(O)C(O)CO.